The summed E-state index contributed by atoms with van der Waals surface area (Å²) in [6.07, 6.45) is 3.41. The maximum atomic E-state index is 13.4. The first-order valence-corrected chi connectivity index (χ1v) is 14.8. The van der Waals surface area contributed by atoms with Crippen LogP contribution in [-0.4, -0.2) is 76.4 Å². The molecular weight excluding hydrogens is 510 g/mol. The number of aromatic nitrogens is 2. The van der Waals surface area contributed by atoms with E-state index in [1.165, 1.54) is 17.2 Å². The predicted octanol–water partition coefficient (Wildman–Crippen LogP) is 0.971. The van der Waals surface area contributed by atoms with Gasteiger partial charge in [-0.15, -0.1) is 0 Å². The lowest BCUT2D eigenvalue weighted by Gasteiger charge is -2.35. The molecule has 2 N–H and O–H groups in total. The maximum absolute atomic E-state index is 13.4. The van der Waals surface area contributed by atoms with Crippen LogP contribution < -0.4 is 24.1 Å². The van der Waals surface area contributed by atoms with Crippen LogP contribution in [0.2, 0.25) is 0 Å². The van der Waals surface area contributed by atoms with Crippen molar-refractivity contribution in [1.29, 1.82) is 0 Å². The van der Waals surface area contributed by atoms with Gasteiger partial charge >= 0.3 is 6.03 Å². The lowest BCUT2D eigenvalue weighted by Crippen LogP contribution is -2.48. The molecule has 0 aromatic carbocycles. The Bertz CT molecular complexity index is 1400. The number of urea groups is 1. The van der Waals surface area contributed by atoms with E-state index >= 15 is 0 Å². The Kier molecular flexibility index (Phi) is 6.55. The summed E-state index contributed by atoms with van der Waals surface area (Å²) in [5.74, 6) is -0.0923. The first-order valence-electron chi connectivity index (χ1n) is 11.1. The molecule has 0 spiro atoms. The minimum atomic E-state index is -4.17. The Morgan fingerprint density at radius 2 is 1.81 bits per heavy atom. The molecule has 15 heteroatoms. The quantitative estimate of drug-likeness (QED) is 0.547. The number of fused-ring (bicyclic) bond motifs is 4. The van der Waals surface area contributed by atoms with Crippen molar-refractivity contribution in [1.82, 2.24) is 15.3 Å². The molecule has 0 saturated carbocycles. The zero-order valence-electron chi connectivity index (χ0n) is 20.2. The number of hydrogen-bond donors (Lipinski definition) is 2. The average molecular weight is 538 g/mol. The Morgan fingerprint density at radius 1 is 1.11 bits per heavy atom. The molecule has 2 aliphatic heterocycles. The zero-order valence-corrected chi connectivity index (χ0v) is 21.8. The highest BCUT2D eigenvalue weighted by Crippen LogP contribution is 2.39. The van der Waals surface area contributed by atoms with Crippen LogP contribution in [0.15, 0.2) is 30.5 Å². The summed E-state index contributed by atoms with van der Waals surface area (Å²) < 4.78 is 48.8. The van der Waals surface area contributed by atoms with Gasteiger partial charge in [0, 0.05) is 31.4 Å². The number of nitrogens with zero attached hydrogens (tertiary/aromatic N) is 5. The first-order chi connectivity index (χ1) is 16.8. The van der Waals surface area contributed by atoms with Gasteiger partial charge in [0.2, 0.25) is 20.0 Å². The van der Waals surface area contributed by atoms with Crippen molar-refractivity contribution in [2.45, 2.75) is 32.4 Å². The molecule has 2 aromatic rings. The number of carbonyl (C=O) groups is 2. The molecule has 13 nitrogen and oxygen atoms in total. The van der Waals surface area contributed by atoms with Crippen LogP contribution in [0.3, 0.4) is 0 Å². The van der Waals surface area contributed by atoms with Crippen LogP contribution in [0.1, 0.15) is 30.8 Å². The average Bonchev–Trinajstić information content (AvgIpc) is 3.15. The van der Waals surface area contributed by atoms with E-state index in [1.807, 2.05) is 13.8 Å². The fourth-order valence-corrected chi connectivity index (χ4v) is 7.29. The van der Waals surface area contributed by atoms with E-state index in [0.29, 0.717) is 31.0 Å². The zero-order chi connectivity index (χ0) is 26.4. The molecule has 1 atom stereocenters. The topological polar surface area (TPSA) is 162 Å². The van der Waals surface area contributed by atoms with Crippen LogP contribution >= 0.6 is 0 Å². The summed E-state index contributed by atoms with van der Waals surface area (Å²) in [5, 5.41) is 5.40. The molecule has 0 aliphatic carbocycles. The van der Waals surface area contributed by atoms with Crippen molar-refractivity contribution >= 4 is 55.0 Å². The molecular formula is C21H27N7O6S2. The maximum Gasteiger partial charge on any atom is 0.329 e. The number of hydrogen-bond acceptors (Lipinski definition) is 9. The van der Waals surface area contributed by atoms with Gasteiger partial charge in [-0.25, -0.2) is 31.6 Å². The molecule has 4 heterocycles. The fourth-order valence-electron chi connectivity index (χ4n) is 4.33. The van der Waals surface area contributed by atoms with Gasteiger partial charge in [0.15, 0.2) is 5.82 Å². The second-order valence-corrected chi connectivity index (χ2v) is 12.9. The molecule has 1 saturated heterocycles. The number of pyridine rings is 2. The standard InChI is InChI=1S/C21H27N7O6S2/c1-13(2)23-20(29)16-5-6-17-19(24-16)27(15-8-10-26(17)12-15)21(30)25-18-11-14(7-9-22-18)28(35(3,31)32)36(4,33)34/h5-7,9,11,13,15H,8,10,12H2,1-4H3,(H,23,29)(H,22,25,30)/t15-/m0/s1. The largest absolute Gasteiger partial charge is 0.366 e. The highest BCUT2D eigenvalue weighted by atomic mass is 32.3. The van der Waals surface area contributed by atoms with E-state index < -0.39 is 26.1 Å². The van der Waals surface area contributed by atoms with Crippen molar-refractivity contribution in [3.63, 3.8) is 0 Å². The molecule has 4 rings (SSSR count). The van der Waals surface area contributed by atoms with Gasteiger partial charge in [0.1, 0.15) is 11.5 Å². The first kappa shape index (κ1) is 25.6. The van der Waals surface area contributed by atoms with E-state index in [2.05, 4.69) is 25.5 Å². The number of amides is 3. The Morgan fingerprint density at radius 3 is 2.44 bits per heavy atom. The molecule has 2 aliphatic rings. The Hall–Kier alpha value is -3.46. The van der Waals surface area contributed by atoms with Gasteiger partial charge in [0.05, 0.1) is 29.9 Å². The summed E-state index contributed by atoms with van der Waals surface area (Å²) in [6, 6.07) is 4.85. The number of carbonyl (C=O) groups excluding carboxylic acids is 2. The molecule has 2 bridgehead atoms. The van der Waals surface area contributed by atoms with Crippen LogP contribution in [0, 0.1) is 0 Å². The van der Waals surface area contributed by atoms with Crippen LogP contribution in [0.4, 0.5) is 27.8 Å². The van der Waals surface area contributed by atoms with Crippen molar-refractivity contribution in [3.8, 4) is 0 Å². The van der Waals surface area contributed by atoms with E-state index in [0.717, 1.165) is 18.6 Å². The van der Waals surface area contributed by atoms with Crippen LogP contribution in [-0.2, 0) is 20.0 Å². The van der Waals surface area contributed by atoms with Gasteiger partial charge in [0.25, 0.3) is 5.91 Å². The predicted molar refractivity (Wildman–Crippen MR) is 135 cm³/mol. The van der Waals surface area contributed by atoms with Gasteiger partial charge in [-0.3, -0.25) is 15.0 Å². The van der Waals surface area contributed by atoms with E-state index in [-0.39, 0.29) is 38.9 Å². The van der Waals surface area contributed by atoms with Crippen LogP contribution in [0.25, 0.3) is 0 Å². The molecule has 2 aromatic heterocycles. The molecule has 0 unspecified atom stereocenters. The summed E-state index contributed by atoms with van der Waals surface area (Å²) in [5.41, 5.74) is 0.684. The van der Waals surface area contributed by atoms with Crippen molar-refractivity contribution < 1.29 is 26.4 Å². The lowest BCUT2D eigenvalue weighted by atomic mass is 10.1. The fraction of sp³-hybridized carbons (Fsp3) is 0.429. The molecule has 194 valence electrons. The summed E-state index contributed by atoms with van der Waals surface area (Å²) >= 11 is 0. The molecule has 36 heavy (non-hydrogen) atoms. The van der Waals surface area contributed by atoms with Gasteiger partial charge < -0.3 is 10.2 Å². The van der Waals surface area contributed by atoms with Crippen molar-refractivity contribution in [2.24, 2.45) is 0 Å². The number of nitrogens with one attached hydrogen (secondary N) is 2. The summed E-state index contributed by atoms with van der Waals surface area (Å²) in [4.78, 5) is 38.0. The summed E-state index contributed by atoms with van der Waals surface area (Å²) in [7, 11) is -8.34. The van der Waals surface area contributed by atoms with Crippen LogP contribution in [0.5, 0.6) is 0 Å². The summed E-state index contributed by atoms with van der Waals surface area (Å²) in [6.45, 7) is 4.96. The third kappa shape index (κ3) is 5.06. The third-order valence-electron chi connectivity index (χ3n) is 5.61. The lowest BCUT2D eigenvalue weighted by molar-refractivity contribution is 0.0938. The SMILES string of the molecule is CC(C)NC(=O)c1ccc2c(n1)N(C(=O)Nc1cc(N(S(C)(=O)=O)S(C)(=O)=O)ccn1)[C@H]1CCN2C1. The van der Waals surface area contributed by atoms with E-state index in [1.54, 1.807) is 12.1 Å². The number of sulfonamides is 2. The highest BCUT2D eigenvalue weighted by Gasteiger charge is 2.40. The monoisotopic (exact) mass is 537 g/mol. The molecule has 3 amide bonds. The normalized spacial score (nSPS) is 17.1. The van der Waals surface area contributed by atoms with E-state index in [9.17, 15) is 26.4 Å². The highest BCUT2D eigenvalue weighted by molar-refractivity contribution is 8.09. The number of rotatable bonds is 6. The minimum absolute atomic E-state index is 0.0505. The second-order valence-electron chi connectivity index (χ2n) is 8.98. The van der Waals surface area contributed by atoms with Gasteiger partial charge in [-0.05, 0) is 38.5 Å². The van der Waals surface area contributed by atoms with Gasteiger partial charge in [-0.2, -0.15) is 3.71 Å². The smallest absolute Gasteiger partial charge is 0.329 e. The third-order valence-corrected chi connectivity index (χ3v) is 8.87. The van der Waals surface area contributed by atoms with Crippen molar-refractivity contribution in [2.75, 3.05) is 44.4 Å². The number of anilines is 4. The Balaban J connectivity index is 1.67. The second kappa shape index (κ2) is 9.20. The Labute approximate surface area is 209 Å². The minimum Gasteiger partial charge on any atom is -0.366 e. The molecule has 1 fully saturated rings. The van der Waals surface area contributed by atoms with Crippen molar-refractivity contribution in [3.05, 3.63) is 36.2 Å². The molecule has 0 radical (unpaired) electrons. The van der Waals surface area contributed by atoms with Gasteiger partial charge in [-0.1, -0.05) is 0 Å². The van der Waals surface area contributed by atoms with E-state index in [4.69, 9.17) is 0 Å².